The Hall–Kier alpha value is -4.85. The van der Waals surface area contributed by atoms with Crippen molar-refractivity contribution in [3.05, 3.63) is 89.7 Å². The van der Waals surface area contributed by atoms with Crippen LogP contribution in [0.5, 0.6) is 0 Å². The lowest BCUT2D eigenvalue weighted by molar-refractivity contribution is 0.357. The van der Waals surface area contributed by atoms with Gasteiger partial charge in [0.1, 0.15) is 5.69 Å². The highest BCUT2D eigenvalue weighted by Crippen LogP contribution is 2.29. The van der Waals surface area contributed by atoms with Crippen LogP contribution in [0.1, 0.15) is 51.0 Å². The first-order valence-electron chi connectivity index (χ1n) is 14.1. The summed E-state index contributed by atoms with van der Waals surface area (Å²) in [5.74, 6) is 1.36. The Bertz CT molecular complexity index is 1820. The smallest absolute Gasteiger partial charge is 0.178 e. The van der Waals surface area contributed by atoms with Crippen molar-refractivity contribution in [2.24, 2.45) is 5.92 Å². The van der Waals surface area contributed by atoms with E-state index >= 15 is 0 Å². The zero-order valence-electron chi connectivity index (χ0n) is 23.3. The van der Waals surface area contributed by atoms with Crippen molar-refractivity contribution in [1.82, 2.24) is 35.1 Å². The second kappa shape index (κ2) is 11.7. The summed E-state index contributed by atoms with van der Waals surface area (Å²) in [6, 6.07) is 8.01. The highest BCUT2D eigenvalue weighted by molar-refractivity contribution is 5.91. The molecule has 0 spiro atoms. The molecule has 1 aliphatic rings. The Kier molecular flexibility index (Phi) is 7.54. The van der Waals surface area contributed by atoms with E-state index in [0.717, 1.165) is 62.1 Å². The number of H-pyrrole nitrogens is 2. The van der Waals surface area contributed by atoms with E-state index in [1.165, 1.54) is 32.1 Å². The second-order valence-corrected chi connectivity index (χ2v) is 10.8. The molecule has 3 N–H and O–H groups in total. The molecule has 1 aliphatic carbocycles. The molecule has 0 radical (unpaired) electrons. The van der Waals surface area contributed by atoms with Crippen molar-refractivity contribution >= 4 is 35.1 Å². The van der Waals surface area contributed by atoms with Crippen molar-refractivity contribution in [3.8, 4) is 22.6 Å². The van der Waals surface area contributed by atoms with Gasteiger partial charge in [-0.2, -0.15) is 5.10 Å². The first-order valence-corrected chi connectivity index (χ1v) is 14.1. The molecule has 41 heavy (non-hydrogen) atoms. The summed E-state index contributed by atoms with van der Waals surface area (Å²) in [7, 11) is 0. The number of allylic oxidation sites excluding steroid dienone is 3. The van der Waals surface area contributed by atoms with Gasteiger partial charge in [-0.1, -0.05) is 51.3 Å². The number of nitrogens with zero attached hydrogens (tertiary/aromatic N) is 5. The normalized spacial score (nSPS) is 15.0. The van der Waals surface area contributed by atoms with Crippen LogP contribution in [-0.2, 0) is 0 Å². The minimum atomic E-state index is 0.618. The zero-order chi connectivity index (χ0) is 28.2. The molecule has 206 valence electrons. The largest absolute Gasteiger partial charge is 0.358 e. The van der Waals surface area contributed by atoms with Crippen molar-refractivity contribution in [1.29, 1.82) is 0 Å². The van der Waals surface area contributed by atoms with Crippen LogP contribution in [0.15, 0.2) is 73.6 Å². The number of hydrogen-bond acceptors (Lipinski definition) is 6. The minimum absolute atomic E-state index is 0.618. The summed E-state index contributed by atoms with van der Waals surface area (Å²) < 4.78 is 0. The van der Waals surface area contributed by atoms with Gasteiger partial charge in [-0.15, -0.1) is 0 Å². The number of aromatic amines is 2. The van der Waals surface area contributed by atoms with E-state index in [4.69, 9.17) is 4.98 Å². The summed E-state index contributed by atoms with van der Waals surface area (Å²) in [6.45, 7) is 10.6. The van der Waals surface area contributed by atoms with E-state index in [9.17, 15) is 0 Å². The molecule has 1 fully saturated rings. The highest BCUT2D eigenvalue weighted by Gasteiger charge is 2.15. The Labute approximate surface area is 239 Å². The van der Waals surface area contributed by atoms with E-state index in [2.05, 4.69) is 61.6 Å². The van der Waals surface area contributed by atoms with Crippen LogP contribution in [0.25, 0.3) is 52.0 Å². The molecule has 0 saturated heterocycles. The van der Waals surface area contributed by atoms with E-state index in [0.29, 0.717) is 17.2 Å². The van der Waals surface area contributed by atoms with Gasteiger partial charge in [0, 0.05) is 41.3 Å². The van der Waals surface area contributed by atoms with Crippen LogP contribution in [0.3, 0.4) is 0 Å². The lowest BCUT2D eigenvalue weighted by atomic mass is 9.86. The number of rotatable bonds is 8. The molecule has 5 aromatic rings. The SMILES string of the molecule is C=C(CC1CCCCC1)Nc1cncc(/C(C)=C/C=c2/[nH]nc(-c3nc4nccc(-c5ccncc5)c4[nH]3)c2=C)c1. The molecule has 0 unspecified atom stereocenters. The van der Waals surface area contributed by atoms with Crippen LogP contribution < -0.4 is 15.9 Å². The lowest BCUT2D eigenvalue weighted by Gasteiger charge is -2.22. The molecule has 8 nitrogen and oxygen atoms in total. The Balaban J connectivity index is 1.21. The molecule has 0 aliphatic heterocycles. The Morgan fingerprint density at radius 3 is 2.73 bits per heavy atom. The van der Waals surface area contributed by atoms with Gasteiger partial charge in [-0.05, 0) is 66.3 Å². The van der Waals surface area contributed by atoms with Crippen molar-refractivity contribution in [2.45, 2.75) is 45.4 Å². The van der Waals surface area contributed by atoms with Gasteiger partial charge >= 0.3 is 0 Å². The summed E-state index contributed by atoms with van der Waals surface area (Å²) in [5.41, 5.74) is 8.30. The average molecular weight is 543 g/mol. The fourth-order valence-electron chi connectivity index (χ4n) is 5.53. The van der Waals surface area contributed by atoms with Gasteiger partial charge in [0.05, 0.1) is 22.8 Å². The fraction of sp³-hybridized carbons (Fsp3) is 0.242. The first-order chi connectivity index (χ1) is 20.0. The zero-order valence-corrected chi connectivity index (χ0v) is 23.3. The topological polar surface area (TPSA) is 108 Å². The molecule has 8 heteroatoms. The molecule has 1 saturated carbocycles. The number of pyridine rings is 3. The van der Waals surface area contributed by atoms with Gasteiger partial charge in [0.2, 0.25) is 0 Å². The molecule has 0 aromatic carbocycles. The second-order valence-electron chi connectivity index (χ2n) is 10.8. The third-order valence-corrected chi connectivity index (χ3v) is 7.78. The summed E-state index contributed by atoms with van der Waals surface area (Å²) in [5, 5.41) is 12.7. The van der Waals surface area contributed by atoms with E-state index < -0.39 is 0 Å². The van der Waals surface area contributed by atoms with Gasteiger partial charge < -0.3 is 10.3 Å². The number of aromatic nitrogens is 7. The minimum Gasteiger partial charge on any atom is -0.358 e. The molecule has 0 bridgehead atoms. The number of fused-ring (bicyclic) bond motifs is 1. The van der Waals surface area contributed by atoms with Crippen LogP contribution in [0.4, 0.5) is 5.69 Å². The van der Waals surface area contributed by atoms with Crippen LogP contribution in [0, 0.1) is 5.92 Å². The molecule has 0 amide bonds. The third kappa shape index (κ3) is 5.87. The van der Waals surface area contributed by atoms with Crippen LogP contribution in [0.2, 0.25) is 0 Å². The Morgan fingerprint density at radius 1 is 1.07 bits per heavy atom. The number of imidazole rings is 1. The molecule has 5 heterocycles. The Morgan fingerprint density at radius 2 is 1.90 bits per heavy atom. The summed E-state index contributed by atoms with van der Waals surface area (Å²) in [6.07, 6.45) is 20.7. The number of anilines is 1. The molecule has 5 aromatic heterocycles. The maximum atomic E-state index is 4.70. The van der Waals surface area contributed by atoms with E-state index in [1.54, 1.807) is 18.6 Å². The molecule has 6 rings (SSSR count). The predicted molar refractivity (Wildman–Crippen MR) is 166 cm³/mol. The maximum absolute atomic E-state index is 4.70. The monoisotopic (exact) mass is 542 g/mol. The van der Waals surface area contributed by atoms with Gasteiger partial charge in [-0.25, -0.2) is 9.97 Å². The first kappa shape index (κ1) is 26.4. The lowest BCUT2D eigenvalue weighted by Crippen LogP contribution is -2.21. The summed E-state index contributed by atoms with van der Waals surface area (Å²) in [4.78, 5) is 21.1. The molecular weight excluding hydrogens is 508 g/mol. The van der Waals surface area contributed by atoms with Gasteiger partial charge in [0.15, 0.2) is 11.5 Å². The quantitative estimate of drug-likeness (QED) is 0.222. The van der Waals surface area contributed by atoms with Gasteiger partial charge in [0.25, 0.3) is 0 Å². The number of nitrogens with one attached hydrogen (secondary N) is 3. The van der Waals surface area contributed by atoms with Crippen molar-refractivity contribution in [3.63, 3.8) is 0 Å². The average Bonchev–Trinajstić information content (AvgIpc) is 3.60. The third-order valence-electron chi connectivity index (χ3n) is 7.78. The fourth-order valence-corrected chi connectivity index (χ4v) is 5.53. The highest BCUT2D eigenvalue weighted by atomic mass is 15.1. The standard InChI is InChI=1S/C33H34N8/c1-21(26-18-27(20-35-19-26)37-22(2)17-24-7-5-4-6-8-24)9-10-29-23(3)30(41-40-29)33-38-31-28(13-16-36-32(31)39-33)25-11-14-34-15-12-25/h9-16,18-20,24,37,40H,2-8,17H2,1H3,(H,36,38,39)/b21-9+,29-10+. The van der Waals surface area contributed by atoms with Crippen molar-refractivity contribution in [2.75, 3.05) is 5.32 Å². The predicted octanol–water partition coefficient (Wildman–Crippen LogP) is 6.00. The summed E-state index contributed by atoms with van der Waals surface area (Å²) >= 11 is 0. The maximum Gasteiger partial charge on any atom is 0.178 e. The van der Waals surface area contributed by atoms with Crippen molar-refractivity contribution < 1.29 is 0 Å². The van der Waals surface area contributed by atoms with E-state index in [1.807, 2.05) is 42.7 Å². The molecular formula is C33H34N8. The number of hydrogen-bond donors (Lipinski definition) is 3. The van der Waals surface area contributed by atoms with E-state index in [-0.39, 0.29) is 0 Å². The van der Waals surface area contributed by atoms with Crippen LogP contribution in [-0.4, -0.2) is 35.1 Å². The molecule has 0 atom stereocenters. The van der Waals surface area contributed by atoms with Crippen LogP contribution >= 0.6 is 0 Å². The van der Waals surface area contributed by atoms with Gasteiger partial charge in [-0.3, -0.25) is 15.1 Å².